The second kappa shape index (κ2) is 9.79. The van der Waals surface area contributed by atoms with E-state index in [9.17, 15) is 0 Å². The van der Waals surface area contributed by atoms with Gasteiger partial charge < -0.3 is 15.0 Å². The Balaban J connectivity index is -0.0000000450. The molecule has 0 saturated carbocycles. The molecule has 0 radical (unpaired) electrons. The Labute approximate surface area is 91.3 Å². The Morgan fingerprint density at radius 2 is 1.33 bits per heavy atom. The number of hydrogen-bond acceptors (Lipinski definition) is 3. The van der Waals surface area contributed by atoms with Gasteiger partial charge >= 0.3 is 71.9 Å². The maximum Gasteiger partial charge on any atom is 2.00 e. The fourth-order valence-electron chi connectivity index (χ4n) is 0. The number of carboxylic acid groups (broad SMARTS) is 2. The van der Waals surface area contributed by atoms with Crippen molar-refractivity contribution >= 4 is 78.1 Å². The molecule has 0 aromatic heterocycles. The molecule has 0 unspecified atom stereocenters. The van der Waals surface area contributed by atoms with E-state index in [4.69, 9.17) is 15.0 Å². The van der Waals surface area contributed by atoms with Crippen molar-refractivity contribution in [2.24, 2.45) is 0 Å². The molecule has 0 spiro atoms. The van der Waals surface area contributed by atoms with E-state index < -0.39 is 6.16 Å². The van der Waals surface area contributed by atoms with Crippen LogP contribution in [0, 0.1) is 0 Å². The predicted octanol–water partition coefficient (Wildman–Crippen LogP) is -3.21. The van der Waals surface area contributed by atoms with Gasteiger partial charge in [-0.2, -0.15) is 0 Å². The summed E-state index contributed by atoms with van der Waals surface area (Å²) in [6.45, 7) is 0. The van der Waals surface area contributed by atoms with Crippen LogP contribution >= 0.6 is 0 Å². The third-order valence-electron chi connectivity index (χ3n) is 0. The summed E-state index contributed by atoms with van der Waals surface area (Å²) in [5.74, 6) is 0. The molecule has 0 bridgehead atoms. The van der Waals surface area contributed by atoms with Crippen LogP contribution in [0.15, 0.2) is 0 Å². The summed E-state index contributed by atoms with van der Waals surface area (Å²) in [4.78, 5) is 8.33. The number of carbonyl (C=O) groups excluding carboxylic acids is 1. The summed E-state index contributed by atoms with van der Waals surface area (Å²) < 4.78 is 0. The molecular formula is CBaMgO3+2. The van der Waals surface area contributed by atoms with Crippen LogP contribution in [0.1, 0.15) is 0 Å². The van der Waals surface area contributed by atoms with Gasteiger partial charge in [-0.3, -0.25) is 0 Å². The van der Waals surface area contributed by atoms with Crippen molar-refractivity contribution in [3.63, 3.8) is 0 Å². The first kappa shape index (κ1) is 15.6. The Bertz CT molecular complexity index is 33.8. The summed E-state index contributed by atoms with van der Waals surface area (Å²) in [5.41, 5.74) is 0. The molecule has 0 aliphatic rings. The van der Waals surface area contributed by atoms with Crippen LogP contribution in [0.25, 0.3) is 0 Å². The van der Waals surface area contributed by atoms with Crippen LogP contribution in [0.3, 0.4) is 0 Å². The van der Waals surface area contributed by atoms with Crippen molar-refractivity contribution in [3.05, 3.63) is 0 Å². The van der Waals surface area contributed by atoms with Gasteiger partial charge in [0.1, 0.15) is 0 Å². The van der Waals surface area contributed by atoms with E-state index in [1.807, 2.05) is 0 Å². The van der Waals surface area contributed by atoms with Gasteiger partial charge in [0.25, 0.3) is 0 Å². The molecule has 0 aromatic carbocycles. The maximum absolute atomic E-state index is 8.33. The fourth-order valence-corrected chi connectivity index (χ4v) is 0. The second-order valence-electron chi connectivity index (χ2n) is 0.250. The van der Waals surface area contributed by atoms with E-state index in [0.717, 1.165) is 0 Å². The molecule has 0 N–H and O–H groups in total. The van der Waals surface area contributed by atoms with Crippen molar-refractivity contribution in [1.82, 2.24) is 0 Å². The third-order valence-corrected chi connectivity index (χ3v) is 0. The molecule has 5 heteroatoms. The van der Waals surface area contributed by atoms with Gasteiger partial charge in [-0.25, -0.2) is 0 Å². The molecule has 0 aliphatic heterocycles. The zero-order chi connectivity index (χ0) is 3.58. The molecule has 0 heterocycles. The first-order chi connectivity index (χ1) is 1.73. The molecule has 0 aromatic rings. The van der Waals surface area contributed by atoms with Gasteiger partial charge in [0.05, 0.1) is 0 Å². The monoisotopic (exact) mass is 222 g/mol. The Hall–Kier alpha value is 1.61. The van der Waals surface area contributed by atoms with E-state index in [0.29, 0.717) is 0 Å². The first-order valence-electron chi connectivity index (χ1n) is 0.612. The Morgan fingerprint density at radius 3 is 1.33 bits per heavy atom. The van der Waals surface area contributed by atoms with Crippen LogP contribution < -0.4 is 10.2 Å². The van der Waals surface area contributed by atoms with E-state index >= 15 is 0 Å². The number of rotatable bonds is 0. The van der Waals surface area contributed by atoms with Crippen LogP contribution in [0.2, 0.25) is 0 Å². The van der Waals surface area contributed by atoms with E-state index in [-0.39, 0.29) is 71.9 Å². The smallest absolute Gasteiger partial charge is 0.652 e. The quantitative estimate of drug-likeness (QED) is 0.405. The van der Waals surface area contributed by atoms with Gasteiger partial charge in [0.15, 0.2) is 0 Å². The topological polar surface area (TPSA) is 63.2 Å². The standard InChI is InChI=1S/CH2O3.Ba.Mg/c2-1(3)4;;/h(H2,2,3,4);;/q;2*+2/p-2. The van der Waals surface area contributed by atoms with Crippen LogP contribution in [-0.4, -0.2) is 78.1 Å². The van der Waals surface area contributed by atoms with E-state index in [2.05, 4.69) is 0 Å². The van der Waals surface area contributed by atoms with E-state index in [1.54, 1.807) is 0 Å². The SMILES string of the molecule is O=C([O-])[O-].[Ba+2].[Mg+2]. The molecule has 0 rings (SSSR count). The first-order valence-corrected chi connectivity index (χ1v) is 0.612. The Morgan fingerprint density at radius 1 is 1.33 bits per heavy atom. The zero-order valence-corrected chi connectivity index (χ0v) is 8.99. The summed E-state index contributed by atoms with van der Waals surface area (Å²) in [6, 6.07) is 0. The zero-order valence-electron chi connectivity index (χ0n) is 3.14. The van der Waals surface area contributed by atoms with Crippen LogP contribution in [0.4, 0.5) is 4.79 Å². The molecule has 6 heavy (non-hydrogen) atoms. The van der Waals surface area contributed by atoms with Crippen molar-refractivity contribution in [2.75, 3.05) is 0 Å². The average Bonchev–Trinajstić information content (AvgIpc) is 0.811. The van der Waals surface area contributed by atoms with Gasteiger partial charge in [-0.05, 0) is 6.16 Å². The molecule has 0 saturated heterocycles. The maximum atomic E-state index is 8.33. The predicted molar refractivity (Wildman–Crippen MR) is 16.9 cm³/mol. The molecule has 0 fully saturated rings. The summed E-state index contributed by atoms with van der Waals surface area (Å²) in [6.07, 6.45) is -2.33. The fraction of sp³-hybridized carbons (Fsp3) is 0. The minimum atomic E-state index is -2.33. The van der Waals surface area contributed by atoms with E-state index in [1.165, 1.54) is 0 Å². The van der Waals surface area contributed by atoms with Crippen molar-refractivity contribution < 1.29 is 15.0 Å². The number of hydrogen-bond donors (Lipinski definition) is 0. The van der Waals surface area contributed by atoms with Crippen molar-refractivity contribution in [1.29, 1.82) is 0 Å². The normalized spacial score (nSPS) is 4.00. The summed E-state index contributed by atoms with van der Waals surface area (Å²) in [7, 11) is 0. The molecular weight excluding hydrogens is 222 g/mol. The summed E-state index contributed by atoms with van der Waals surface area (Å²) >= 11 is 0. The molecule has 3 nitrogen and oxygen atoms in total. The van der Waals surface area contributed by atoms with Gasteiger partial charge in [-0.1, -0.05) is 0 Å². The largest absolute Gasteiger partial charge is 2.00 e. The molecule has 0 atom stereocenters. The van der Waals surface area contributed by atoms with Crippen LogP contribution in [0.5, 0.6) is 0 Å². The van der Waals surface area contributed by atoms with Gasteiger partial charge in [-0.15, -0.1) is 0 Å². The molecule has 0 aliphatic carbocycles. The number of carbonyl (C=O) groups is 1. The van der Waals surface area contributed by atoms with Gasteiger partial charge in [0.2, 0.25) is 0 Å². The van der Waals surface area contributed by atoms with Gasteiger partial charge in [0, 0.05) is 0 Å². The molecule has 0 amide bonds. The Kier molecular flexibility index (Phi) is 25.5. The third kappa shape index (κ3) is 46.1. The second-order valence-corrected chi connectivity index (χ2v) is 0.250. The van der Waals surface area contributed by atoms with Crippen molar-refractivity contribution in [3.8, 4) is 0 Å². The van der Waals surface area contributed by atoms with Crippen molar-refractivity contribution in [2.45, 2.75) is 0 Å². The average molecular weight is 222 g/mol. The minimum absolute atomic E-state index is 0. The summed E-state index contributed by atoms with van der Waals surface area (Å²) in [5, 5.41) is 16.7. The minimum Gasteiger partial charge on any atom is -0.652 e. The van der Waals surface area contributed by atoms with Crippen LogP contribution in [-0.2, 0) is 0 Å². The molecule has 24 valence electrons.